The maximum absolute atomic E-state index is 4.19. The number of thioether (sulfide) groups is 1. The molecule has 0 aliphatic heterocycles. The molecule has 19 heavy (non-hydrogen) atoms. The fraction of sp³-hybridized carbons (Fsp3) is 0.429. The molecule has 0 spiro atoms. The molecule has 0 saturated heterocycles. The molecular formula is C14H19N3S2. The summed E-state index contributed by atoms with van der Waals surface area (Å²) < 4.78 is 0. The molecule has 0 atom stereocenters. The van der Waals surface area contributed by atoms with Crippen LogP contribution in [0, 0.1) is 13.8 Å². The lowest BCUT2D eigenvalue weighted by Crippen LogP contribution is -1.94. The Morgan fingerprint density at radius 2 is 1.84 bits per heavy atom. The second-order valence-corrected chi connectivity index (χ2v) is 6.57. The predicted molar refractivity (Wildman–Crippen MR) is 85.0 cm³/mol. The third-order valence-corrected chi connectivity index (χ3v) is 4.65. The first kappa shape index (κ1) is 14.3. The summed E-state index contributed by atoms with van der Waals surface area (Å²) in [4.78, 5) is 0. The third kappa shape index (κ3) is 4.51. The minimum absolute atomic E-state index is 0.893. The largest absolute Gasteiger partial charge is 0.360 e. The van der Waals surface area contributed by atoms with Crippen LogP contribution in [0.2, 0.25) is 0 Å². The normalized spacial score (nSPS) is 10.7. The summed E-state index contributed by atoms with van der Waals surface area (Å²) in [6, 6.07) is 6.72. The standard InChI is InChI=1S/C14H19N3S2/c1-4-15-14-17-16-13(19-14)9-18-8-12-6-10(2)5-11(3)7-12/h5-7H,4,8-9H2,1-3H3,(H,15,17). The van der Waals surface area contributed by atoms with E-state index in [1.165, 1.54) is 16.7 Å². The Morgan fingerprint density at radius 1 is 1.11 bits per heavy atom. The van der Waals surface area contributed by atoms with E-state index >= 15 is 0 Å². The van der Waals surface area contributed by atoms with Crippen molar-refractivity contribution in [1.82, 2.24) is 10.2 Å². The summed E-state index contributed by atoms with van der Waals surface area (Å²) in [6.07, 6.45) is 0. The van der Waals surface area contributed by atoms with Gasteiger partial charge in [0.2, 0.25) is 5.13 Å². The zero-order chi connectivity index (χ0) is 13.7. The Morgan fingerprint density at radius 3 is 2.53 bits per heavy atom. The lowest BCUT2D eigenvalue weighted by atomic mass is 10.1. The highest BCUT2D eigenvalue weighted by atomic mass is 32.2. The number of hydrogen-bond acceptors (Lipinski definition) is 5. The second-order valence-electron chi connectivity index (χ2n) is 4.52. The molecule has 0 fully saturated rings. The van der Waals surface area contributed by atoms with Crippen LogP contribution in [0.4, 0.5) is 5.13 Å². The molecule has 2 rings (SSSR count). The Labute approximate surface area is 122 Å². The van der Waals surface area contributed by atoms with Gasteiger partial charge in [-0.15, -0.1) is 22.0 Å². The summed E-state index contributed by atoms with van der Waals surface area (Å²) in [7, 11) is 0. The summed E-state index contributed by atoms with van der Waals surface area (Å²) in [6.45, 7) is 7.25. The van der Waals surface area contributed by atoms with Crippen molar-refractivity contribution in [2.24, 2.45) is 0 Å². The van der Waals surface area contributed by atoms with Crippen molar-refractivity contribution in [1.29, 1.82) is 0 Å². The summed E-state index contributed by atoms with van der Waals surface area (Å²) in [5, 5.41) is 13.5. The maximum Gasteiger partial charge on any atom is 0.205 e. The Hall–Kier alpha value is -1.07. The Bertz CT molecular complexity index is 517. The van der Waals surface area contributed by atoms with E-state index in [4.69, 9.17) is 0 Å². The fourth-order valence-corrected chi connectivity index (χ4v) is 3.77. The first-order chi connectivity index (χ1) is 9.17. The molecule has 0 aliphatic carbocycles. The smallest absolute Gasteiger partial charge is 0.205 e. The SMILES string of the molecule is CCNc1nnc(CSCc2cc(C)cc(C)c2)s1. The first-order valence-corrected chi connectivity index (χ1v) is 8.35. The zero-order valence-corrected chi connectivity index (χ0v) is 13.2. The highest BCUT2D eigenvalue weighted by Gasteiger charge is 2.04. The van der Waals surface area contributed by atoms with Gasteiger partial charge in [-0.25, -0.2) is 0 Å². The van der Waals surface area contributed by atoms with E-state index in [-0.39, 0.29) is 0 Å². The van der Waals surface area contributed by atoms with Crippen LogP contribution in [0.3, 0.4) is 0 Å². The number of nitrogens with zero attached hydrogens (tertiary/aromatic N) is 2. The molecular weight excluding hydrogens is 274 g/mol. The monoisotopic (exact) mass is 293 g/mol. The molecule has 1 N–H and O–H groups in total. The quantitative estimate of drug-likeness (QED) is 0.873. The molecule has 0 saturated carbocycles. The van der Waals surface area contributed by atoms with E-state index in [0.29, 0.717) is 0 Å². The summed E-state index contributed by atoms with van der Waals surface area (Å²) in [5.41, 5.74) is 4.06. The van der Waals surface area contributed by atoms with Crippen LogP contribution in [-0.4, -0.2) is 16.7 Å². The van der Waals surface area contributed by atoms with Gasteiger partial charge in [0.25, 0.3) is 0 Å². The van der Waals surface area contributed by atoms with Crippen LogP contribution < -0.4 is 5.32 Å². The number of aromatic nitrogens is 2. The fourth-order valence-electron chi connectivity index (χ4n) is 1.94. The van der Waals surface area contributed by atoms with Gasteiger partial charge >= 0.3 is 0 Å². The maximum atomic E-state index is 4.19. The molecule has 1 aromatic carbocycles. The van der Waals surface area contributed by atoms with Crippen LogP contribution in [0.25, 0.3) is 0 Å². The number of nitrogens with one attached hydrogen (secondary N) is 1. The van der Waals surface area contributed by atoms with Gasteiger partial charge in [-0.3, -0.25) is 0 Å². The van der Waals surface area contributed by atoms with E-state index < -0.39 is 0 Å². The van der Waals surface area contributed by atoms with Crippen molar-refractivity contribution >= 4 is 28.2 Å². The van der Waals surface area contributed by atoms with E-state index in [9.17, 15) is 0 Å². The average molecular weight is 293 g/mol. The van der Waals surface area contributed by atoms with Gasteiger partial charge in [0.15, 0.2) is 0 Å². The van der Waals surface area contributed by atoms with E-state index in [0.717, 1.165) is 28.2 Å². The molecule has 1 heterocycles. The highest BCUT2D eigenvalue weighted by Crippen LogP contribution is 2.23. The molecule has 0 aliphatic rings. The summed E-state index contributed by atoms with van der Waals surface area (Å²) >= 11 is 3.53. The van der Waals surface area contributed by atoms with Crippen molar-refractivity contribution in [3.63, 3.8) is 0 Å². The van der Waals surface area contributed by atoms with Gasteiger partial charge in [0.05, 0.1) is 0 Å². The van der Waals surface area contributed by atoms with Crippen molar-refractivity contribution < 1.29 is 0 Å². The number of anilines is 1. The molecule has 0 unspecified atom stereocenters. The van der Waals surface area contributed by atoms with Crippen LogP contribution in [-0.2, 0) is 11.5 Å². The first-order valence-electron chi connectivity index (χ1n) is 6.38. The van der Waals surface area contributed by atoms with Gasteiger partial charge in [0.1, 0.15) is 5.01 Å². The molecule has 0 radical (unpaired) electrons. The zero-order valence-electron chi connectivity index (χ0n) is 11.6. The number of aryl methyl sites for hydroxylation is 2. The molecule has 102 valence electrons. The third-order valence-electron chi connectivity index (χ3n) is 2.57. The number of rotatable bonds is 6. The van der Waals surface area contributed by atoms with Crippen molar-refractivity contribution in [2.45, 2.75) is 32.3 Å². The van der Waals surface area contributed by atoms with Crippen LogP contribution >= 0.6 is 23.1 Å². The average Bonchev–Trinajstić information content (AvgIpc) is 2.76. The van der Waals surface area contributed by atoms with Crippen LogP contribution in [0.15, 0.2) is 18.2 Å². The van der Waals surface area contributed by atoms with E-state index in [1.807, 2.05) is 11.8 Å². The Balaban J connectivity index is 1.85. The highest BCUT2D eigenvalue weighted by molar-refractivity contribution is 7.97. The minimum Gasteiger partial charge on any atom is -0.360 e. The molecule has 3 nitrogen and oxygen atoms in total. The van der Waals surface area contributed by atoms with Crippen LogP contribution in [0.1, 0.15) is 28.6 Å². The van der Waals surface area contributed by atoms with Gasteiger partial charge in [-0.1, -0.05) is 40.7 Å². The van der Waals surface area contributed by atoms with Gasteiger partial charge in [-0.2, -0.15) is 0 Å². The lowest BCUT2D eigenvalue weighted by Gasteiger charge is -2.03. The van der Waals surface area contributed by atoms with E-state index in [2.05, 4.69) is 54.5 Å². The number of hydrogen-bond donors (Lipinski definition) is 1. The Kier molecular flexibility index (Phi) is 5.22. The lowest BCUT2D eigenvalue weighted by molar-refractivity contribution is 1.03. The molecule has 2 aromatic rings. The van der Waals surface area contributed by atoms with Gasteiger partial charge < -0.3 is 5.32 Å². The molecule has 1 aromatic heterocycles. The van der Waals surface area contributed by atoms with Gasteiger partial charge in [0, 0.05) is 18.1 Å². The molecule has 0 bridgehead atoms. The topological polar surface area (TPSA) is 37.8 Å². The van der Waals surface area contributed by atoms with E-state index in [1.54, 1.807) is 11.3 Å². The minimum atomic E-state index is 0.893. The predicted octanol–water partition coefficient (Wildman–Crippen LogP) is 4.02. The van der Waals surface area contributed by atoms with Crippen LogP contribution in [0.5, 0.6) is 0 Å². The second kappa shape index (κ2) is 6.91. The summed E-state index contributed by atoms with van der Waals surface area (Å²) in [5.74, 6) is 1.95. The molecule has 0 amide bonds. The van der Waals surface area contributed by atoms with Gasteiger partial charge in [-0.05, 0) is 26.3 Å². The van der Waals surface area contributed by atoms with Crippen molar-refractivity contribution in [2.75, 3.05) is 11.9 Å². The molecule has 5 heteroatoms. The van der Waals surface area contributed by atoms with Crippen molar-refractivity contribution in [3.05, 3.63) is 39.9 Å². The number of benzene rings is 1. The van der Waals surface area contributed by atoms with Crippen molar-refractivity contribution in [3.8, 4) is 0 Å².